The molecule has 0 amide bonds. The van der Waals surface area contributed by atoms with Gasteiger partial charge in [-0.05, 0) is 100 Å². The van der Waals surface area contributed by atoms with Gasteiger partial charge >= 0.3 is 0 Å². The van der Waals surface area contributed by atoms with E-state index in [2.05, 4.69) is 128 Å². The lowest BCUT2D eigenvalue weighted by atomic mass is 9.64. The molecule has 5 atom stereocenters. The maximum Gasteiger partial charge on any atom is 0.160 e. The van der Waals surface area contributed by atoms with Crippen LogP contribution in [-0.4, -0.2) is 9.97 Å². The van der Waals surface area contributed by atoms with Crippen molar-refractivity contribution in [2.45, 2.75) is 38.0 Å². The standard InChI is InChI=1S/C44H36N2/c1-28-21-34-26-43(25-28)27-41(43)44(34)37-18-9-8-17-35(37)36-23-32(19-20-38(36)44)31-15-10-16-33(22-31)42-45-39(29-11-4-2-5-12-29)24-40(46-42)30-13-6-3-7-14-30/h2-20,22-24,28,34,41H,21,25-27H2,1H3. The van der Waals surface area contributed by atoms with Crippen molar-refractivity contribution in [2.75, 3.05) is 0 Å². The number of rotatable bonds is 4. The van der Waals surface area contributed by atoms with Crippen LogP contribution in [0.2, 0.25) is 0 Å². The highest BCUT2D eigenvalue weighted by molar-refractivity contribution is 5.86. The van der Waals surface area contributed by atoms with Gasteiger partial charge < -0.3 is 0 Å². The van der Waals surface area contributed by atoms with E-state index in [1.165, 1.54) is 47.9 Å². The first-order chi connectivity index (χ1) is 22.6. The molecule has 10 rings (SSSR count). The highest BCUT2D eigenvalue weighted by Gasteiger charge is 2.75. The van der Waals surface area contributed by atoms with E-state index in [0.29, 0.717) is 5.41 Å². The Morgan fingerprint density at radius 1 is 0.522 bits per heavy atom. The largest absolute Gasteiger partial charge is 0.228 e. The Balaban J connectivity index is 1.09. The van der Waals surface area contributed by atoms with Gasteiger partial charge in [-0.25, -0.2) is 9.97 Å². The minimum Gasteiger partial charge on any atom is -0.228 e. The lowest BCUT2D eigenvalue weighted by molar-refractivity contribution is 0.202. The lowest BCUT2D eigenvalue weighted by Crippen LogP contribution is -2.35. The van der Waals surface area contributed by atoms with Crippen LogP contribution in [0.1, 0.15) is 43.7 Å². The highest BCUT2D eigenvalue weighted by atomic mass is 14.9. The van der Waals surface area contributed by atoms with Gasteiger partial charge in [0.25, 0.3) is 0 Å². The van der Waals surface area contributed by atoms with Crippen LogP contribution in [-0.2, 0) is 5.41 Å². The number of benzene rings is 5. The zero-order valence-electron chi connectivity index (χ0n) is 26.2. The van der Waals surface area contributed by atoms with Crippen molar-refractivity contribution in [3.8, 4) is 56.2 Å². The zero-order valence-corrected chi connectivity index (χ0v) is 26.2. The maximum absolute atomic E-state index is 5.11. The number of hydrogen-bond acceptors (Lipinski definition) is 2. The Labute approximate surface area is 271 Å². The summed E-state index contributed by atoms with van der Waals surface area (Å²) in [6, 6.07) is 48.5. The molecule has 2 nitrogen and oxygen atoms in total. The fourth-order valence-electron chi connectivity index (χ4n) is 10.3. The van der Waals surface area contributed by atoms with Crippen LogP contribution in [0, 0.1) is 23.2 Å². The van der Waals surface area contributed by atoms with Gasteiger partial charge in [-0.3, -0.25) is 0 Å². The van der Waals surface area contributed by atoms with Crippen molar-refractivity contribution in [1.82, 2.24) is 9.97 Å². The molecule has 4 aliphatic carbocycles. The zero-order chi connectivity index (χ0) is 30.5. The number of nitrogens with zero attached hydrogens (tertiary/aromatic N) is 2. The van der Waals surface area contributed by atoms with E-state index in [9.17, 15) is 0 Å². The predicted molar refractivity (Wildman–Crippen MR) is 187 cm³/mol. The van der Waals surface area contributed by atoms with Gasteiger partial charge in [-0.2, -0.15) is 0 Å². The fourth-order valence-corrected chi connectivity index (χ4v) is 10.3. The van der Waals surface area contributed by atoms with Crippen LogP contribution in [0.25, 0.3) is 56.2 Å². The minimum atomic E-state index is 0.205. The average molecular weight is 593 g/mol. The van der Waals surface area contributed by atoms with Gasteiger partial charge in [-0.1, -0.05) is 122 Å². The summed E-state index contributed by atoms with van der Waals surface area (Å²) in [6.07, 6.45) is 5.63. The number of hydrogen-bond donors (Lipinski definition) is 0. The fraction of sp³-hybridized carbons (Fsp3) is 0.227. The molecule has 46 heavy (non-hydrogen) atoms. The van der Waals surface area contributed by atoms with Crippen molar-refractivity contribution in [2.24, 2.45) is 23.2 Å². The van der Waals surface area contributed by atoms with E-state index in [4.69, 9.17) is 9.97 Å². The topological polar surface area (TPSA) is 25.8 Å². The summed E-state index contributed by atoms with van der Waals surface area (Å²) in [5.74, 6) is 3.16. The SMILES string of the molecule is CC1CC2CC3(C1)CC3C21c2ccccc2-c2cc(-c3cccc(-c4nc(-c5ccccc5)cc(-c5ccccc5)n4)c3)ccc21. The Morgan fingerprint density at radius 2 is 1.15 bits per heavy atom. The summed E-state index contributed by atoms with van der Waals surface area (Å²) in [4.78, 5) is 10.2. The van der Waals surface area contributed by atoms with E-state index >= 15 is 0 Å². The molecule has 1 heterocycles. The van der Waals surface area contributed by atoms with E-state index in [0.717, 1.165) is 51.7 Å². The molecular weight excluding hydrogens is 556 g/mol. The number of aromatic nitrogens is 2. The molecule has 2 spiro atoms. The van der Waals surface area contributed by atoms with E-state index < -0.39 is 0 Å². The molecule has 5 aromatic carbocycles. The molecule has 0 radical (unpaired) electrons. The molecular formula is C44H36N2. The third kappa shape index (κ3) is 3.70. The van der Waals surface area contributed by atoms with E-state index in [1.807, 2.05) is 12.1 Å². The van der Waals surface area contributed by atoms with Gasteiger partial charge in [0.2, 0.25) is 0 Å². The third-order valence-electron chi connectivity index (χ3n) is 11.9. The van der Waals surface area contributed by atoms with E-state index in [-0.39, 0.29) is 5.41 Å². The van der Waals surface area contributed by atoms with Crippen LogP contribution in [0.5, 0.6) is 0 Å². The number of fused-ring (bicyclic) bond motifs is 8. The Bertz CT molecular complexity index is 2090. The average Bonchev–Trinajstić information content (AvgIpc) is 3.64. The van der Waals surface area contributed by atoms with Gasteiger partial charge in [0.1, 0.15) is 0 Å². The summed E-state index contributed by atoms with van der Waals surface area (Å²) in [7, 11) is 0. The summed E-state index contributed by atoms with van der Waals surface area (Å²) in [5.41, 5.74) is 14.5. The van der Waals surface area contributed by atoms with Gasteiger partial charge in [0.15, 0.2) is 5.82 Å². The molecule has 222 valence electrons. The van der Waals surface area contributed by atoms with Crippen LogP contribution in [0.15, 0.2) is 133 Å². The van der Waals surface area contributed by atoms with Crippen molar-refractivity contribution in [1.29, 1.82) is 0 Å². The second kappa shape index (κ2) is 9.59. The molecule has 0 N–H and O–H groups in total. The molecule has 3 saturated carbocycles. The highest BCUT2D eigenvalue weighted by Crippen LogP contribution is 2.82. The van der Waals surface area contributed by atoms with Crippen molar-refractivity contribution in [3.63, 3.8) is 0 Å². The Morgan fingerprint density at radius 3 is 1.91 bits per heavy atom. The summed E-state index contributed by atoms with van der Waals surface area (Å²) in [6.45, 7) is 2.50. The van der Waals surface area contributed by atoms with Crippen molar-refractivity contribution >= 4 is 0 Å². The monoisotopic (exact) mass is 592 g/mol. The van der Waals surface area contributed by atoms with Crippen LogP contribution >= 0.6 is 0 Å². The maximum atomic E-state index is 5.11. The minimum absolute atomic E-state index is 0.205. The second-order valence-electron chi connectivity index (χ2n) is 14.5. The van der Waals surface area contributed by atoms with E-state index in [1.54, 1.807) is 11.1 Å². The summed E-state index contributed by atoms with van der Waals surface area (Å²) >= 11 is 0. The van der Waals surface area contributed by atoms with Gasteiger partial charge in [0, 0.05) is 22.1 Å². The molecule has 0 saturated heterocycles. The smallest absolute Gasteiger partial charge is 0.160 e. The first-order valence-electron chi connectivity index (χ1n) is 17.0. The van der Waals surface area contributed by atoms with Crippen LogP contribution in [0.4, 0.5) is 0 Å². The molecule has 5 unspecified atom stereocenters. The first-order valence-corrected chi connectivity index (χ1v) is 17.0. The normalized spacial score (nSPS) is 26.4. The van der Waals surface area contributed by atoms with Gasteiger partial charge in [0.05, 0.1) is 11.4 Å². The predicted octanol–water partition coefficient (Wildman–Crippen LogP) is 10.9. The summed E-state index contributed by atoms with van der Waals surface area (Å²) < 4.78 is 0. The molecule has 2 bridgehead atoms. The molecule has 1 aromatic heterocycles. The van der Waals surface area contributed by atoms with Crippen molar-refractivity contribution in [3.05, 3.63) is 145 Å². The Hall–Kier alpha value is -4.82. The molecule has 2 heteroatoms. The van der Waals surface area contributed by atoms with Crippen LogP contribution in [0.3, 0.4) is 0 Å². The quantitative estimate of drug-likeness (QED) is 0.203. The molecule has 0 aliphatic heterocycles. The molecule has 6 aromatic rings. The molecule has 3 fully saturated rings. The summed E-state index contributed by atoms with van der Waals surface area (Å²) in [5, 5.41) is 0. The molecule has 4 aliphatic rings. The third-order valence-corrected chi connectivity index (χ3v) is 11.9. The van der Waals surface area contributed by atoms with Gasteiger partial charge in [-0.15, -0.1) is 0 Å². The van der Waals surface area contributed by atoms with Crippen molar-refractivity contribution < 1.29 is 0 Å². The Kier molecular flexibility index (Phi) is 5.51. The second-order valence-corrected chi connectivity index (χ2v) is 14.5. The lowest BCUT2D eigenvalue weighted by Gasteiger charge is -2.39. The first kappa shape index (κ1) is 26.4. The van der Waals surface area contributed by atoms with Crippen LogP contribution < -0.4 is 0 Å².